The van der Waals surface area contributed by atoms with Crippen molar-refractivity contribution in [3.8, 4) is 5.75 Å². The highest BCUT2D eigenvalue weighted by molar-refractivity contribution is 6.33. The van der Waals surface area contributed by atoms with Crippen LogP contribution in [0.5, 0.6) is 5.75 Å². The van der Waals surface area contributed by atoms with Crippen LogP contribution in [0.2, 0.25) is 5.02 Å². The maximum atomic E-state index is 12.6. The van der Waals surface area contributed by atoms with Crippen LogP contribution in [0.3, 0.4) is 0 Å². The number of carbonyl (C=O) groups is 1. The van der Waals surface area contributed by atoms with Gasteiger partial charge >= 0.3 is 5.97 Å². The number of hydrogen-bond acceptors (Lipinski definition) is 4. The number of ether oxygens (including phenoxy) is 2. The molecular weight excluding hydrogens is 268 g/mol. The number of nitrogens with zero attached hydrogens (tertiary/aromatic N) is 1. The predicted octanol–water partition coefficient (Wildman–Crippen LogP) is 2.79. The highest BCUT2D eigenvalue weighted by atomic mass is 35.5. The van der Waals surface area contributed by atoms with Gasteiger partial charge in [-0.1, -0.05) is 11.6 Å². The quantitative estimate of drug-likeness (QED) is 0.778. The molecule has 7 heteroatoms. The summed E-state index contributed by atoms with van der Waals surface area (Å²) < 4.78 is 34.8. The number of esters is 1. The summed E-state index contributed by atoms with van der Waals surface area (Å²) in [5.41, 5.74) is -0.258. The highest BCUT2D eigenvalue weighted by Gasteiger charge is 2.21. The largest absolute Gasteiger partial charge is 0.493 e. The number of carbonyl (C=O) groups excluding carboxylic acids is 1. The van der Waals surface area contributed by atoms with Gasteiger partial charge in [0, 0.05) is 6.20 Å². The van der Waals surface area contributed by atoms with Crippen LogP contribution in [0.25, 0.3) is 0 Å². The number of methoxy groups -OCH3 is 1. The summed E-state index contributed by atoms with van der Waals surface area (Å²) in [5, 5.41) is -0.234. The van der Waals surface area contributed by atoms with Crippen molar-refractivity contribution in [2.24, 2.45) is 0 Å². The number of aromatic nitrogens is 1. The molecule has 0 aliphatic rings. The maximum Gasteiger partial charge on any atom is 0.312 e. The first kappa shape index (κ1) is 14.6. The Morgan fingerprint density at radius 2 is 2.22 bits per heavy atom. The van der Waals surface area contributed by atoms with Gasteiger partial charge in [0.05, 0.1) is 36.4 Å². The summed E-state index contributed by atoms with van der Waals surface area (Å²) >= 11 is 5.77. The van der Waals surface area contributed by atoms with E-state index in [-0.39, 0.29) is 29.5 Å². The molecule has 0 spiro atoms. The smallest absolute Gasteiger partial charge is 0.312 e. The lowest BCUT2D eigenvalue weighted by Gasteiger charge is -2.12. The Kier molecular flexibility index (Phi) is 5.27. The van der Waals surface area contributed by atoms with E-state index in [1.165, 1.54) is 7.11 Å². The van der Waals surface area contributed by atoms with E-state index >= 15 is 0 Å². The van der Waals surface area contributed by atoms with Gasteiger partial charge in [-0.3, -0.25) is 9.78 Å². The van der Waals surface area contributed by atoms with Crippen LogP contribution in [-0.4, -0.2) is 24.7 Å². The summed E-state index contributed by atoms with van der Waals surface area (Å²) in [7, 11) is 1.27. The van der Waals surface area contributed by atoms with E-state index in [0.29, 0.717) is 0 Å². The first-order valence-corrected chi connectivity index (χ1v) is 5.54. The Labute approximate surface area is 108 Å². The molecule has 0 unspecified atom stereocenters. The van der Waals surface area contributed by atoms with Crippen molar-refractivity contribution < 1.29 is 23.0 Å². The Hall–Kier alpha value is -1.43. The summed E-state index contributed by atoms with van der Waals surface area (Å²) in [5.74, 6) is -0.549. The number of rotatable bonds is 5. The van der Waals surface area contributed by atoms with Crippen LogP contribution in [-0.2, 0) is 16.0 Å². The minimum absolute atomic E-state index is 0.0254. The van der Waals surface area contributed by atoms with Crippen molar-refractivity contribution in [3.63, 3.8) is 0 Å². The third kappa shape index (κ3) is 3.29. The van der Waals surface area contributed by atoms with E-state index < -0.39 is 18.0 Å². The summed E-state index contributed by atoms with van der Waals surface area (Å²) in [6.45, 7) is 1.89. The lowest BCUT2D eigenvalue weighted by Crippen LogP contribution is -2.10. The molecule has 0 N–H and O–H groups in total. The average Bonchev–Trinajstić information content (AvgIpc) is 2.29. The monoisotopic (exact) mass is 279 g/mol. The van der Waals surface area contributed by atoms with E-state index in [9.17, 15) is 13.6 Å². The zero-order valence-electron chi connectivity index (χ0n) is 9.87. The van der Waals surface area contributed by atoms with Crippen molar-refractivity contribution in [2.45, 2.75) is 19.8 Å². The summed E-state index contributed by atoms with van der Waals surface area (Å²) in [4.78, 5) is 15.1. The van der Waals surface area contributed by atoms with Crippen molar-refractivity contribution in [3.05, 3.63) is 22.5 Å². The Balaban J connectivity index is 3.07. The van der Waals surface area contributed by atoms with E-state index in [1.807, 2.05) is 0 Å². The van der Waals surface area contributed by atoms with Gasteiger partial charge in [0.2, 0.25) is 0 Å². The molecule has 0 saturated heterocycles. The number of alkyl halides is 2. The van der Waals surface area contributed by atoms with Crippen LogP contribution in [0.15, 0.2) is 6.20 Å². The van der Waals surface area contributed by atoms with Gasteiger partial charge in [0.15, 0.2) is 5.75 Å². The number of hydrogen-bond donors (Lipinski definition) is 0. The van der Waals surface area contributed by atoms with Crippen LogP contribution in [0.1, 0.15) is 24.6 Å². The molecule has 0 aliphatic carbocycles. The first-order chi connectivity index (χ1) is 8.51. The predicted molar refractivity (Wildman–Crippen MR) is 61.1 cm³/mol. The zero-order valence-corrected chi connectivity index (χ0v) is 10.6. The van der Waals surface area contributed by atoms with Gasteiger partial charge in [0.25, 0.3) is 6.43 Å². The molecule has 1 heterocycles. The molecule has 1 rings (SSSR count). The normalized spacial score (nSPS) is 10.6. The first-order valence-electron chi connectivity index (χ1n) is 5.16. The Bertz CT molecular complexity index is 441. The van der Waals surface area contributed by atoms with Crippen LogP contribution in [0.4, 0.5) is 8.78 Å². The second kappa shape index (κ2) is 6.49. The second-order valence-electron chi connectivity index (χ2n) is 3.29. The molecule has 0 amide bonds. The minimum atomic E-state index is -2.75. The van der Waals surface area contributed by atoms with Crippen molar-refractivity contribution >= 4 is 17.6 Å². The lowest BCUT2D eigenvalue weighted by atomic mass is 10.2. The standard InChI is InChI=1S/C11H12ClF2NO3/c1-3-18-8(16)4-7-10(17-2)9(12)6(5-15-7)11(13)14/h5,11H,3-4H2,1-2H3. The van der Waals surface area contributed by atoms with E-state index in [4.69, 9.17) is 21.1 Å². The minimum Gasteiger partial charge on any atom is -0.493 e. The fourth-order valence-corrected chi connectivity index (χ4v) is 1.67. The molecule has 0 radical (unpaired) electrons. The third-order valence-electron chi connectivity index (χ3n) is 2.13. The summed E-state index contributed by atoms with van der Waals surface area (Å²) in [6, 6.07) is 0. The molecule has 100 valence electrons. The molecule has 0 aliphatic heterocycles. The molecular formula is C11H12ClF2NO3. The van der Waals surface area contributed by atoms with Gasteiger partial charge in [-0.25, -0.2) is 8.78 Å². The van der Waals surface area contributed by atoms with Gasteiger partial charge in [-0.05, 0) is 6.92 Å². The molecule has 0 aromatic carbocycles. The fourth-order valence-electron chi connectivity index (χ4n) is 1.35. The molecule has 0 atom stereocenters. The van der Waals surface area contributed by atoms with Gasteiger partial charge in [-0.15, -0.1) is 0 Å². The third-order valence-corrected chi connectivity index (χ3v) is 2.52. The van der Waals surface area contributed by atoms with E-state index in [0.717, 1.165) is 6.20 Å². The summed E-state index contributed by atoms with van der Waals surface area (Å²) in [6.07, 6.45) is -2.00. The Morgan fingerprint density at radius 3 is 2.72 bits per heavy atom. The molecule has 1 aromatic rings. The highest BCUT2D eigenvalue weighted by Crippen LogP contribution is 2.35. The molecule has 1 aromatic heterocycles. The van der Waals surface area contributed by atoms with Gasteiger partial charge in [0.1, 0.15) is 0 Å². The average molecular weight is 280 g/mol. The van der Waals surface area contributed by atoms with Crippen LogP contribution in [0, 0.1) is 0 Å². The van der Waals surface area contributed by atoms with Gasteiger partial charge < -0.3 is 9.47 Å². The van der Waals surface area contributed by atoms with Crippen molar-refractivity contribution in [2.75, 3.05) is 13.7 Å². The van der Waals surface area contributed by atoms with Crippen LogP contribution >= 0.6 is 11.6 Å². The Morgan fingerprint density at radius 1 is 1.56 bits per heavy atom. The van der Waals surface area contributed by atoms with E-state index in [1.54, 1.807) is 6.92 Å². The fraction of sp³-hybridized carbons (Fsp3) is 0.455. The number of halogens is 3. The van der Waals surface area contributed by atoms with Crippen LogP contribution < -0.4 is 4.74 Å². The number of pyridine rings is 1. The second-order valence-corrected chi connectivity index (χ2v) is 3.67. The van der Waals surface area contributed by atoms with Crippen molar-refractivity contribution in [1.29, 1.82) is 0 Å². The van der Waals surface area contributed by atoms with Crippen molar-refractivity contribution in [1.82, 2.24) is 4.98 Å². The molecule has 0 fully saturated rings. The maximum absolute atomic E-state index is 12.6. The molecule has 18 heavy (non-hydrogen) atoms. The van der Waals surface area contributed by atoms with Gasteiger partial charge in [-0.2, -0.15) is 0 Å². The topological polar surface area (TPSA) is 48.4 Å². The zero-order chi connectivity index (χ0) is 13.7. The SMILES string of the molecule is CCOC(=O)Cc1ncc(C(F)F)c(Cl)c1OC. The molecule has 0 bridgehead atoms. The lowest BCUT2D eigenvalue weighted by molar-refractivity contribution is -0.142. The molecule has 4 nitrogen and oxygen atoms in total. The van der Waals surface area contributed by atoms with E-state index in [2.05, 4.69) is 4.98 Å². The molecule has 0 saturated carbocycles.